The van der Waals surface area contributed by atoms with E-state index in [1.807, 2.05) is 26.0 Å². The van der Waals surface area contributed by atoms with Crippen molar-refractivity contribution in [2.45, 2.75) is 20.3 Å². The smallest absolute Gasteiger partial charge is 0.225 e. The van der Waals surface area contributed by atoms with Gasteiger partial charge in [0.2, 0.25) is 5.91 Å². The number of anilines is 1. The zero-order chi connectivity index (χ0) is 12.1. The molecule has 88 valence electrons. The van der Waals surface area contributed by atoms with Crippen molar-refractivity contribution in [2.24, 2.45) is 5.73 Å². The van der Waals surface area contributed by atoms with Crippen LogP contribution in [0.3, 0.4) is 0 Å². The fourth-order valence-corrected chi connectivity index (χ4v) is 1.70. The van der Waals surface area contributed by atoms with E-state index in [0.29, 0.717) is 13.0 Å². The summed E-state index contributed by atoms with van der Waals surface area (Å²) in [7, 11) is 1.64. The van der Waals surface area contributed by atoms with Gasteiger partial charge in [0.1, 0.15) is 5.75 Å². The fraction of sp³-hybridized carbons (Fsp3) is 0.417. The lowest BCUT2D eigenvalue weighted by Gasteiger charge is -2.12. The first-order valence-corrected chi connectivity index (χ1v) is 5.23. The Balaban J connectivity index is 2.87. The summed E-state index contributed by atoms with van der Waals surface area (Å²) in [5.41, 5.74) is 8.10. The Hall–Kier alpha value is -1.55. The second kappa shape index (κ2) is 5.51. The predicted octanol–water partition coefficient (Wildman–Crippen LogP) is 1.60. The van der Waals surface area contributed by atoms with Crippen LogP contribution in [0.2, 0.25) is 0 Å². The maximum absolute atomic E-state index is 11.4. The minimum Gasteiger partial charge on any atom is -0.496 e. The largest absolute Gasteiger partial charge is 0.496 e. The molecule has 0 aromatic heterocycles. The van der Waals surface area contributed by atoms with Crippen LogP contribution in [0.5, 0.6) is 5.75 Å². The van der Waals surface area contributed by atoms with E-state index in [1.54, 1.807) is 7.11 Å². The molecule has 0 saturated carbocycles. The average Bonchev–Trinajstić information content (AvgIpc) is 2.17. The number of amides is 1. The lowest BCUT2D eigenvalue weighted by atomic mass is 10.1. The number of carbonyl (C=O) groups is 1. The summed E-state index contributed by atoms with van der Waals surface area (Å²) in [6, 6.07) is 3.78. The average molecular weight is 222 g/mol. The molecule has 1 rings (SSSR count). The highest BCUT2D eigenvalue weighted by atomic mass is 16.5. The van der Waals surface area contributed by atoms with Crippen molar-refractivity contribution in [1.82, 2.24) is 0 Å². The van der Waals surface area contributed by atoms with Crippen LogP contribution < -0.4 is 15.8 Å². The molecule has 0 fully saturated rings. The first-order valence-electron chi connectivity index (χ1n) is 5.23. The Morgan fingerprint density at radius 3 is 2.38 bits per heavy atom. The van der Waals surface area contributed by atoms with E-state index in [2.05, 4.69) is 5.32 Å². The zero-order valence-electron chi connectivity index (χ0n) is 9.96. The third-order valence-corrected chi connectivity index (χ3v) is 2.32. The van der Waals surface area contributed by atoms with Gasteiger partial charge in [0.05, 0.1) is 7.11 Å². The molecule has 0 saturated heterocycles. The lowest BCUT2D eigenvalue weighted by molar-refractivity contribution is -0.116. The van der Waals surface area contributed by atoms with Gasteiger partial charge in [-0.05, 0) is 37.1 Å². The first kappa shape index (κ1) is 12.5. The molecule has 0 aliphatic heterocycles. The molecule has 1 aromatic carbocycles. The summed E-state index contributed by atoms with van der Waals surface area (Å²) < 4.78 is 5.25. The molecule has 0 radical (unpaired) electrons. The van der Waals surface area contributed by atoms with E-state index in [-0.39, 0.29) is 5.91 Å². The molecular weight excluding hydrogens is 204 g/mol. The molecule has 16 heavy (non-hydrogen) atoms. The van der Waals surface area contributed by atoms with Gasteiger partial charge in [-0.15, -0.1) is 0 Å². The van der Waals surface area contributed by atoms with E-state index in [4.69, 9.17) is 10.5 Å². The molecule has 4 nitrogen and oxygen atoms in total. The molecule has 1 amide bonds. The third-order valence-electron chi connectivity index (χ3n) is 2.32. The van der Waals surface area contributed by atoms with Gasteiger partial charge in [-0.3, -0.25) is 4.79 Å². The Kier molecular flexibility index (Phi) is 4.31. The maximum Gasteiger partial charge on any atom is 0.225 e. The monoisotopic (exact) mass is 222 g/mol. The molecule has 0 heterocycles. The van der Waals surface area contributed by atoms with Crippen molar-refractivity contribution >= 4 is 11.6 Å². The maximum atomic E-state index is 11.4. The molecule has 0 spiro atoms. The van der Waals surface area contributed by atoms with E-state index >= 15 is 0 Å². The van der Waals surface area contributed by atoms with Gasteiger partial charge in [-0.2, -0.15) is 0 Å². The number of rotatable bonds is 4. The van der Waals surface area contributed by atoms with Crippen molar-refractivity contribution in [3.05, 3.63) is 23.3 Å². The van der Waals surface area contributed by atoms with Gasteiger partial charge in [-0.25, -0.2) is 0 Å². The quantitative estimate of drug-likeness (QED) is 0.813. The predicted molar refractivity (Wildman–Crippen MR) is 64.8 cm³/mol. The Morgan fingerprint density at radius 2 is 1.94 bits per heavy atom. The van der Waals surface area contributed by atoms with E-state index < -0.39 is 0 Å². The number of nitrogens with one attached hydrogen (secondary N) is 1. The number of carbonyl (C=O) groups excluding carboxylic acids is 1. The summed E-state index contributed by atoms with van der Waals surface area (Å²) in [5.74, 6) is 0.795. The van der Waals surface area contributed by atoms with Crippen LogP contribution in [0.15, 0.2) is 12.1 Å². The summed E-state index contributed by atoms with van der Waals surface area (Å²) >= 11 is 0. The van der Waals surface area contributed by atoms with E-state index in [1.165, 1.54) is 0 Å². The summed E-state index contributed by atoms with van der Waals surface area (Å²) in [4.78, 5) is 11.4. The van der Waals surface area contributed by atoms with Gasteiger partial charge < -0.3 is 15.8 Å². The second-order valence-corrected chi connectivity index (χ2v) is 3.73. The molecule has 1 aromatic rings. The summed E-state index contributed by atoms with van der Waals surface area (Å²) in [5, 5.41) is 2.80. The molecule has 0 aliphatic rings. The third kappa shape index (κ3) is 2.97. The van der Waals surface area contributed by atoms with Crippen molar-refractivity contribution in [3.8, 4) is 5.75 Å². The highest BCUT2D eigenvalue weighted by Crippen LogP contribution is 2.26. The Morgan fingerprint density at radius 1 is 1.38 bits per heavy atom. The van der Waals surface area contributed by atoms with Crippen LogP contribution in [0, 0.1) is 13.8 Å². The SMILES string of the molecule is COc1c(C)cc(NC(=O)CCN)cc1C. The van der Waals surface area contributed by atoms with Crippen LogP contribution >= 0.6 is 0 Å². The number of benzene rings is 1. The Labute approximate surface area is 95.8 Å². The van der Waals surface area contributed by atoms with Crippen molar-refractivity contribution in [3.63, 3.8) is 0 Å². The number of nitrogens with two attached hydrogens (primary N) is 1. The molecule has 3 N–H and O–H groups in total. The van der Waals surface area contributed by atoms with E-state index in [0.717, 1.165) is 22.6 Å². The van der Waals surface area contributed by atoms with Crippen molar-refractivity contribution in [2.75, 3.05) is 19.0 Å². The zero-order valence-corrected chi connectivity index (χ0v) is 9.96. The fourth-order valence-electron chi connectivity index (χ4n) is 1.70. The molecule has 4 heteroatoms. The number of hydrogen-bond acceptors (Lipinski definition) is 3. The molecule has 0 unspecified atom stereocenters. The lowest BCUT2D eigenvalue weighted by Crippen LogP contribution is -2.16. The first-order chi connectivity index (χ1) is 7.58. The highest BCUT2D eigenvalue weighted by Gasteiger charge is 2.07. The second-order valence-electron chi connectivity index (χ2n) is 3.73. The van der Waals surface area contributed by atoms with Crippen LogP contribution in [-0.4, -0.2) is 19.6 Å². The molecule has 0 atom stereocenters. The van der Waals surface area contributed by atoms with Crippen LogP contribution in [0.25, 0.3) is 0 Å². The number of hydrogen-bond donors (Lipinski definition) is 2. The van der Waals surface area contributed by atoms with Gasteiger partial charge >= 0.3 is 0 Å². The minimum atomic E-state index is -0.0635. The molecular formula is C12H18N2O2. The molecule has 0 aliphatic carbocycles. The van der Waals surface area contributed by atoms with Gasteiger partial charge in [0.25, 0.3) is 0 Å². The van der Waals surface area contributed by atoms with Gasteiger partial charge in [0.15, 0.2) is 0 Å². The van der Waals surface area contributed by atoms with Crippen molar-refractivity contribution < 1.29 is 9.53 Å². The normalized spacial score (nSPS) is 10.0. The summed E-state index contributed by atoms with van der Waals surface area (Å²) in [6.07, 6.45) is 0.337. The van der Waals surface area contributed by atoms with Crippen molar-refractivity contribution in [1.29, 1.82) is 0 Å². The number of aryl methyl sites for hydroxylation is 2. The van der Waals surface area contributed by atoms with E-state index in [9.17, 15) is 4.79 Å². The van der Waals surface area contributed by atoms with Gasteiger partial charge in [0, 0.05) is 18.7 Å². The highest BCUT2D eigenvalue weighted by molar-refractivity contribution is 5.91. The topological polar surface area (TPSA) is 64.3 Å². The summed E-state index contributed by atoms with van der Waals surface area (Å²) in [6.45, 7) is 4.26. The number of ether oxygens (including phenoxy) is 1. The number of methoxy groups -OCH3 is 1. The van der Waals surface area contributed by atoms with Gasteiger partial charge in [-0.1, -0.05) is 0 Å². The minimum absolute atomic E-state index is 0.0635. The standard InChI is InChI=1S/C12H18N2O2/c1-8-6-10(14-11(15)4-5-13)7-9(2)12(8)16-3/h6-7H,4-5,13H2,1-3H3,(H,14,15). The Bertz CT molecular complexity index is 366. The van der Waals surface area contributed by atoms with Crippen LogP contribution in [-0.2, 0) is 4.79 Å². The van der Waals surface area contributed by atoms with Crippen LogP contribution in [0.1, 0.15) is 17.5 Å². The molecule has 0 bridgehead atoms. The van der Waals surface area contributed by atoms with Crippen LogP contribution in [0.4, 0.5) is 5.69 Å².